The third kappa shape index (κ3) is 2.61. The van der Waals surface area contributed by atoms with Crippen molar-refractivity contribution in [3.63, 3.8) is 0 Å². The Bertz CT molecular complexity index is 748. The van der Waals surface area contributed by atoms with Crippen LogP contribution in [-0.2, 0) is 4.79 Å². The van der Waals surface area contributed by atoms with Crippen molar-refractivity contribution >= 4 is 32.6 Å². The zero-order valence-electron chi connectivity index (χ0n) is 13.8. The van der Waals surface area contributed by atoms with Crippen LogP contribution in [-0.4, -0.2) is 42.0 Å². The summed E-state index contributed by atoms with van der Waals surface area (Å²) in [6.07, 6.45) is 3.29. The van der Waals surface area contributed by atoms with Crippen molar-refractivity contribution in [2.45, 2.75) is 33.1 Å². The number of aromatic nitrogens is 1. The number of hydrogen-bond acceptors (Lipinski definition) is 4. The zero-order valence-corrected chi connectivity index (χ0v) is 14.7. The number of carbonyl (C=O) groups excluding carboxylic acids is 1. The third-order valence-corrected chi connectivity index (χ3v) is 6.38. The van der Waals surface area contributed by atoms with Crippen LogP contribution in [0.3, 0.4) is 0 Å². The van der Waals surface area contributed by atoms with Gasteiger partial charge in [0.2, 0.25) is 5.91 Å². The van der Waals surface area contributed by atoms with E-state index in [2.05, 4.69) is 35.8 Å². The number of carbonyl (C=O) groups is 1. The molecule has 0 aliphatic carbocycles. The second kappa shape index (κ2) is 5.78. The van der Waals surface area contributed by atoms with Gasteiger partial charge >= 0.3 is 0 Å². The molecule has 3 heterocycles. The van der Waals surface area contributed by atoms with Gasteiger partial charge in [0.15, 0.2) is 5.13 Å². The molecule has 4 rings (SSSR count). The van der Waals surface area contributed by atoms with Gasteiger partial charge in [0, 0.05) is 26.2 Å². The van der Waals surface area contributed by atoms with Gasteiger partial charge in [-0.25, -0.2) is 4.98 Å². The Morgan fingerprint density at radius 1 is 1.22 bits per heavy atom. The van der Waals surface area contributed by atoms with Gasteiger partial charge in [-0.15, -0.1) is 0 Å². The van der Waals surface area contributed by atoms with Crippen LogP contribution in [0.25, 0.3) is 10.2 Å². The number of rotatable bonds is 2. The van der Waals surface area contributed by atoms with Gasteiger partial charge < -0.3 is 9.80 Å². The maximum absolute atomic E-state index is 12.6. The molecule has 2 aliphatic rings. The predicted molar refractivity (Wildman–Crippen MR) is 95.2 cm³/mol. The second-order valence-corrected chi connectivity index (χ2v) is 7.82. The molecular formula is C18H23N3OS. The molecule has 4 nitrogen and oxygen atoms in total. The van der Waals surface area contributed by atoms with Crippen LogP contribution in [0.2, 0.25) is 0 Å². The third-order valence-electron chi connectivity index (χ3n) is 5.30. The van der Waals surface area contributed by atoms with E-state index in [1.165, 1.54) is 28.7 Å². The minimum Gasteiger partial charge on any atom is -0.347 e. The predicted octanol–water partition coefficient (Wildman–Crippen LogP) is 3.36. The van der Waals surface area contributed by atoms with Crippen LogP contribution in [0.5, 0.6) is 0 Å². The van der Waals surface area contributed by atoms with Crippen LogP contribution in [0.1, 0.15) is 30.4 Å². The van der Waals surface area contributed by atoms with Gasteiger partial charge in [-0.2, -0.15) is 0 Å². The lowest BCUT2D eigenvalue weighted by molar-refractivity contribution is -0.133. The Labute approximate surface area is 141 Å². The maximum atomic E-state index is 12.6. The smallest absolute Gasteiger partial charge is 0.227 e. The summed E-state index contributed by atoms with van der Waals surface area (Å²) in [6, 6.07) is 4.34. The van der Waals surface area contributed by atoms with Crippen molar-refractivity contribution in [3.05, 3.63) is 23.3 Å². The summed E-state index contributed by atoms with van der Waals surface area (Å²) < 4.78 is 1.25. The highest BCUT2D eigenvalue weighted by atomic mass is 32.1. The van der Waals surface area contributed by atoms with E-state index < -0.39 is 0 Å². The maximum Gasteiger partial charge on any atom is 0.227 e. The lowest BCUT2D eigenvalue weighted by Crippen LogP contribution is -2.35. The van der Waals surface area contributed by atoms with E-state index in [9.17, 15) is 4.79 Å². The monoisotopic (exact) mass is 329 g/mol. The highest BCUT2D eigenvalue weighted by Gasteiger charge is 2.33. The average Bonchev–Trinajstić information content (AvgIpc) is 3.30. The molecule has 1 unspecified atom stereocenters. The van der Waals surface area contributed by atoms with Crippen LogP contribution < -0.4 is 4.90 Å². The van der Waals surface area contributed by atoms with Gasteiger partial charge in [-0.05, 0) is 50.3 Å². The Morgan fingerprint density at radius 3 is 2.78 bits per heavy atom. The molecule has 23 heavy (non-hydrogen) atoms. The minimum atomic E-state index is 0.156. The van der Waals surface area contributed by atoms with Crippen molar-refractivity contribution < 1.29 is 4.79 Å². The molecular weight excluding hydrogens is 306 g/mol. The molecule has 2 fully saturated rings. The van der Waals surface area contributed by atoms with E-state index in [0.717, 1.165) is 43.2 Å². The molecule has 1 aromatic carbocycles. The fourth-order valence-electron chi connectivity index (χ4n) is 3.68. The first-order chi connectivity index (χ1) is 11.1. The summed E-state index contributed by atoms with van der Waals surface area (Å²) in [4.78, 5) is 21.8. The van der Waals surface area contributed by atoms with E-state index in [4.69, 9.17) is 4.98 Å². The molecule has 2 saturated heterocycles. The molecule has 2 aliphatic heterocycles. The van der Waals surface area contributed by atoms with E-state index in [-0.39, 0.29) is 5.92 Å². The van der Waals surface area contributed by atoms with Crippen molar-refractivity contribution in [2.75, 3.05) is 31.1 Å². The summed E-state index contributed by atoms with van der Waals surface area (Å²) in [5, 5.41) is 1.07. The zero-order chi connectivity index (χ0) is 16.0. The van der Waals surface area contributed by atoms with E-state index in [0.29, 0.717) is 5.91 Å². The highest BCUT2D eigenvalue weighted by Crippen LogP contribution is 2.34. The number of fused-ring (bicyclic) bond motifs is 1. The highest BCUT2D eigenvalue weighted by molar-refractivity contribution is 7.22. The molecule has 1 atom stereocenters. The number of nitrogens with zero attached hydrogens (tertiary/aromatic N) is 3. The standard InChI is InChI=1S/C18H23N3OS/c1-12-5-6-15-16(13(12)2)19-18(23-15)21-10-7-14(11-21)17(22)20-8-3-4-9-20/h5-6,14H,3-4,7-11H2,1-2H3. The molecule has 122 valence electrons. The number of thiazole rings is 1. The number of anilines is 1. The molecule has 0 saturated carbocycles. The second-order valence-electron chi connectivity index (χ2n) is 6.81. The molecule has 1 amide bonds. The van der Waals surface area contributed by atoms with Gasteiger partial charge in [-0.1, -0.05) is 17.4 Å². The van der Waals surface area contributed by atoms with Gasteiger partial charge in [0.1, 0.15) is 0 Å². The fourth-order valence-corrected chi connectivity index (χ4v) is 4.74. The van der Waals surface area contributed by atoms with Crippen LogP contribution in [0.15, 0.2) is 12.1 Å². The first-order valence-corrected chi connectivity index (χ1v) is 9.35. The van der Waals surface area contributed by atoms with E-state index in [1.807, 2.05) is 0 Å². The molecule has 0 spiro atoms. The van der Waals surface area contributed by atoms with Crippen LogP contribution in [0.4, 0.5) is 5.13 Å². The molecule has 2 aromatic rings. The van der Waals surface area contributed by atoms with Gasteiger partial charge in [0.05, 0.1) is 16.1 Å². The van der Waals surface area contributed by atoms with Crippen molar-refractivity contribution in [1.82, 2.24) is 9.88 Å². The van der Waals surface area contributed by atoms with E-state index in [1.54, 1.807) is 11.3 Å². The summed E-state index contributed by atoms with van der Waals surface area (Å²) >= 11 is 1.75. The SMILES string of the molecule is Cc1ccc2sc(N3CCC(C(=O)N4CCCC4)C3)nc2c1C. The molecule has 1 aromatic heterocycles. The normalized spacial score (nSPS) is 21.6. The first-order valence-electron chi connectivity index (χ1n) is 8.54. The first kappa shape index (κ1) is 14.9. The van der Waals surface area contributed by atoms with Gasteiger partial charge in [0.25, 0.3) is 0 Å². The summed E-state index contributed by atoms with van der Waals surface area (Å²) in [5.41, 5.74) is 3.69. The number of aryl methyl sites for hydroxylation is 2. The quantitative estimate of drug-likeness (QED) is 0.848. The Hall–Kier alpha value is -1.62. The number of benzene rings is 1. The van der Waals surface area contributed by atoms with Crippen molar-refractivity contribution in [3.8, 4) is 0 Å². The average molecular weight is 329 g/mol. The molecule has 0 radical (unpaired) electrons. The minimum absolute atomic E-state index is 0.156. The molecule has 0 bridgehead atoms. The molecule has 0 N–H and O–H groups in total. The Kier molecular flexibility index (Phi) is 3.76. The summed E-state index contributed by atoms with van der Waals surface area (Å²) in [6.45, 7) is 7.96. The Balaban J connectivity index is 1.53. The number of hydrogen-bond donors (Lipinski definition) is 0. The molecule has 5 heteroatoms. The Morgan fingerprint density at radius 2 is 2.00 bits per heavy atom. The summed E-state index contributed by atoms with van der Waals surface area (Å²) in [5.74, 6) is 0.515. The topological polar surface area (TPSA) is 36.4 Å². The fraction of sp³-hybridized carbons (Fsp3) is 0.556. The number of amides is 1. The van der Waals surface area contributed by atoms with E-state index >= 15 is 0 Å². The summed E-state index contributed by atoms with van der Waals surface area (Å²) in [7, 11) is 0. The van der Waals surface area contributed by atoms with Crippen LogP contribution >= 0.6 is 11.3 Å². The number of likely N-dealkylation sites (tertiary alicyclic amines) is 1. The van der Waals surface area contributed by atoms with Crippen molar-refractivity contribution in [2.24, 2.45) is 5.92 Å². The largest absolute Gasteiger partial charge is 0.347 e. The van der Waals surface area contributed by atoms with Crippen molar-refractivity contribution in [1.29, 1.82) is 0 Å². The van der Waals surface area contributed by atoms with Gasteiger partial charge in [-0.3, -0.25) is 4.79 Å². The lowest BCUT2D eigenvalue weighted by atomic mass is 10.1. The lowest BCUT2D eigenvalue weighted by Gasteiger charge is -2.20. The van der Waals surface area contributed by atoms with Crippen LogP contribution in [0, 0.1) is 19.8 Å².